The Hall–Kier alpha value is -1.35. The van der Waals surface area contributed by atoms with E-state index in [-0.39, 0.29) is 17.2 Å². The van der Waals surface area contributed by atoms with Gasteiger partial charge in [-0.25, -0.2) is 13.1 Å². The van der Waals surface area contributed by atoms with Gasteiger partial charge in [-0.15, -0.1) is 0 Å². The molecule has 0 radical (unpaired) electrons. The third-order valence-corrected chi connectivity index (χ3v) is 5.15. The normalized spacial score (nSPS) is 26.0. The van der Waals surface area contributed by atoms with Crippen LogP contribution in [0.4, 0.5) is 5.69 Å². The standard InChI is InChI=1S/C13H20N2O5S/c1-9-13(16,5-6-20-9)8-15-21(17,18)12-4-3-10(14)7-11(12)19-2/h3-4,7,9,15-16H,5-6,8,14H2,1-2H3. The first-order chi connectivity index (χ1) is 9.78. The number of benzene rings is 1. The minimum absolute atomic E-state index is 0.0191. The zero-order valence-corrected chi connectivity index (χ0v) is 12.8. The molecule has 118 valence electrons. The smallest absolute Gasteiger partial charge is 0.244 e. The molecule has 1 saturated heterocycles. The second-order valence-electron chi connectivity index (χ2n) is 5.10. The number of nitrogens with two attached hydrogens (primary N) is 1. The summed E-state index contributed by atoms with van der Waals surface area (Å²) in [6, 6.07) is 4.28. The van der Waals surface area contributed by atoms with Crippen LogP contribution in [0.3, 0.4) is 0 Å². The maximum atomic E-state index is 12.3. The highest BCUT2D eigenvalue weighted by molar-refractivity contribution is 7.89. The van der Waals surface area contributed by atoms with E-state index in [1.807, 2.05) is 0 Å². The molecule has 0 aliphatic carbocycles. The minimum atomic E-state index is -3.81. The molecule has 0 saturated carbocycles. The van der Waals surface area contributed by atoms with Crippen LogP contribution in [0.1, 0.15) is 13.3 Å². The van der Waals surface area contributed by atoms with Gasteiger partial charge in [-0.2, -0.15) is 0 Å². The van der Waals surface area contributed by atoms with Crippen molar-refractivity contribution in [3.63, 3.8) is 0 Å². The minimum Gasteiger partial charge on any atom is -0.495 e. The molecule has 1 fully saturated rings. The lowest BCUT2D eigenvalue weighted by Gasteiger charge is -2.26. The third kappa shape index (κ3) is 3.29. The second-order valence-corrected chi connectivity index (χ2v) is 6.84. The van der Waals surface area contributed by atoms with Crippen molar-refractivity contribution < 1.29 is 23.0 Å². The van der Waals surface area contributed by atoms with Crippen LogP contribution in [0.2, 0.25) is 0 Å². The van der Waals surface area contributed by atoms with Crippen molar-refractivity contribution in [2.24, 2.45) is 0 Å². The summed E-state index contributed by atoms with van der Waals surface area (Å²) in [7, 11) is -2.45. The molecule has 7 nitrogen and oxygen atoms in total. The number of aliphatic hydroxyl groups is 1. The van der Waals surface area contributed by atoms with Crippen LogP contribution in [0, 0.1) is 0 Å². The molecule has 4 N–H and O–H groups in total. The van der Waals surface area contributed by atoms with Crippen LogP contribution >= 0.6 is 0 Å². The van der Waals surface area contributed by atoms with Gasteiger partial charge in [0.05, 0.1) is 13.2 Å². The van der Waals surface area contributed by atoms with Crippen LogP contribution < -0.4 is 15.2 Å². The van der Waals surface area contributed by atoms with Crippen LogP contribution in [0.15, 0.2) is 23.1 Å². The van der Waals surface area contributed by atoms with E-state index >= 15 is 0 Å². The topological polar surface area (TPSA) is 111 Å². The average molecular weight is 316 g/mol. The number of ether oxygens (including phenoxy) is 2. The Morgan fingerprint density at radius 1 is 1.57 bits per heavy atom. The number of methoxy groups -OCH3 is 1. The number of nitrogen functional groups attached to an aromatic ring is 1. The van der Waals surface area contributed by atoms with Gasteiger partial charge in [0.2, 0.25) is 10.0 Å². The predicted molar refractivity (Wildman–Crippen MR) is 77.6 cm³/mol. The molecule has 0 aromatic heterocycles. The SMILES string of the molecule is COc1cc(N)ccc1S(=O)(=O)NCC1(O)CCOC1C. The molecule has 0 bridgehead atoms. The number of rotatable bonds is 5. The van der Waals surface area contributed by atoms with Gasteiger partial charge in [0.15, 0.2) is 0 Å². The Kier molecular flexibility index (Phi) is 4.43. The molecule has 2 rings (SSSR count). The molecule has 1 heterocycles. The van der Waals surface area contributed by atoms with E-state index in [9.17, 15) is 13.5 Å². The number of hydrogen-bond donors (Lipinski definition) is 3. The van der Waals surface area contributed by atoms with Crippen molar-refractivity contribution in [2.45, 2.75) is 29.9 Å². The van der Waals surface area contributed by atoms with Crippen LogP contribution in [0.25, 0.3) is 0 Å². The molecule has 2 unspecified atom stereocenters. The van der Waals surface area contributed by atoms with Gasteiger partial charge in [-0.3, -0.25) is 0 Å². The summed E-state index contributed by atoms with van der Waals surface area (Å²) in [6.07, 6.45) is -0.0382. The fourth-order valence-electron chi connectivity index (χ4n) is 2.21. The third-order valence-electron chi connectivity index (χ3n) is 3.71. The summed E-state index contributed by atoms with van der Waals surface area (Å²) < 4.78 is 37.4. The van der Waals surface area contributed by atoms with Gasteiger partial charge in [0.25, 0.3) is 0 Å². The lowest BCUT2D eigenvalue weighted by atomic mass is 9.97. The predicted octanol–water partition coefficient (Wildman–Crippen LogP) is 0.0956. The molecule has 1 aliphatic heterocycles. The van der Waals surface area contributed by atoms with Crippen molar-refractivity contribution in [1.82, 2.24) is 4.72 Å². The molecule has 8 heteroatoms. The Bertz CT molecular complexity index is 619. The van der Waals surface area contributed by atoms with Crippen molar-refractivity contribution in [3.8, 4) is 5.75 Å². The van der Waals surface area contributed by atoms with E-state index in [0.29, 0.717) is 18.7 Å². The van der Waals surface area contributed by atoms with Crippen LogP contribution in [-0.2, 0) is 14.8 Å². The highest BCUT2D eigenvalue weighted by atomic mass is 32.2. The van der Waals surface area contributed by atoms with Crippen LogP contribution in [-0.4, -0.2) is 45.5 Å². The Morgan fingerprint density at radius 3 is 2.86 bits per heavy atom. The highest BCUT2D eigenvalue weighted by Crippen LogP contribution is 2.28. The number of anilines is 1. The van der Waals surface area contributed by atoms with Crippen molar-refractivity contribution in [3.05, 3.63) is 18.2 Å². The maximum absolute atomic E-state index is 12.3. The Labute approximate surface area is 124 Å². The maximum Gasteiger partial charge on any atom is 0.244 e. The van der Waals surface area contributed by atoms with Crippen molar-refractivity contribution in [2.75, 3.05) is 26.0 Å². The van der Waals surface area contributed by atoms with Gasteiger partial charge in [0.1, 0.15) is 16.2 Å². The fraction of sp³-hybridized carbons (Fsp3) is 0.538. The summed E-state index contributed by atoms with van der Waals surface area (Å²) in [5, 5.41) is 10.3. The van der Waals surface area contributed by atoms with Gasteiger partial charge < -0.3 is 20.3 Å². The average Bonchev–Trinajstić information content (AvgIpc) is 2.77. The zero-order valence-electron chi connectivity index (χ0n) is 12.0. The number of sulfonamides is 1. The Balaban J connectivity index is 2.19. The molecule has 2 atom stereocenters. The summed E-state index contributed by atoms with van der Waals surface area (Å²) in [5.41, 5.74) is 4.81. The molecule has 1 aromatic carbocycles. The van der Waals surface area contributed by atoms with E-state index in [1.165, 1.54) is 25.3 Å². The first-order valence-corrected chi connectivity index (χ1v) is 8.04. The van der Waals surface area contributed by atoms with E-state index in [4.69, 9.17) is 15.2 Å². The summed E-state index contributed by atoms with van der Waals surface area (Å²) >= 11 is 0. The lowest BCUT2D eigenvalue weighted by molar-refractivity contribution is -0.0228. The second kappa shape index (κ2) is 5.80. The highest BCUT2D eigenvalue weighted by Gasteiger charge is 2.40. The first-order valence-electron chi connectivity index (χ1n) is 6.56. The van der Waals surface area contributed by atoms with Gasteiger partial charge >= 0.3 is 0 Å². The van der Waals surface area contributed by atoms with E-state index < -0.39 is 21.7 Å². The molecular formula is C13H20N2O5S. The number of hydrogen-bond acceptors (Lipinski definition) is 6. The molecule has 1 aliphatic rings. The Morgan fingerprint density at radius 2 is 2.29 bits per heavy atom. The molecular weight excluding hydrogens is 296 g/mol. The monoisotopic (exact) mass is 316 g/mol. The largest absolute Gasteiger partial charge is 0.495 e. The zero-order chi connectivity index (χ0) is 15.7. The summed E-state index contributed by atoms with van der Waals surface area (Å²) in [4.78, 5) is -0.0191. The lowest BCUT2D eigenvalue weighted by Crippen LogP contribution is -2.47. The quantitative estimate of drug-likeness (QED) is 0.664. The first kappa shape index (κ1) is 16.0. The summed E-state index contributed by atoms with van der Waals surface area (Å²) in [5.74, 6) is 0.158. The van der Waals surface area contributed by atoms with E-state index in [1.54, 1.807) is 6.92 Å². The summed E-state index contributed by atoms with van der Waals surface area (Å²) in [6.45, 7) is 2.00. The molecule has 21 heavy (non-hydrogen) atoms. The van der Waals surface area contributed by atoms with E-state index in [2.05, 4.69) is 4.72 Å². The van der Waals surface area contributed by atoms with E-state index in [0.717, 1.165) is 0 Å². The number of nitrogens with one attached hydrogen (secondary N) is 1. The van der Waals surface area contributed by atoms with Crippen molar-refractivity contribution >= 4 is 15.7 Å². The molecule has 1 aromatic rings. The van der Waals surface area contributed by atoms with Gasteiger partial charge in [0, 0.05) is 31.3 Å². The van der Waals surface area contributed by atoms with Crippen LogP contribution in [0.5, 0.6) is 5.75 Å². The molecule has 0 spiro atoms. The van der Waals surface area contributed by atoms with Gasteiger partial charge in [-0.1, -0.05) is 0 Å². The van der Waals surface area contributed by atoms with Gasteiger partial charge in [-0.05, 0) is 19.1 Å². The molecule has 0 amide bonds. The van der Waals surface area contributed by atoms with Crippen molar-refractivity contribution in [1.29, 1.82) is 0 Å². The fourth-order valence-corrected chi connectivity index (χ4v) is 3.46.